The lowest BCUT2D eigenvalue weighted by molar-refractivity contribution is -0.157. The summed E-state index contributed by atoms with van der Waals surface area (Å²) in [5.41, 5.74) is 0.780. The van der Waals surface area contributed by atoms with Crippen molar-refractivity contribution in [2.24, 2.45) is 5.92 Å². The van der Waals surface area contributed by atoms with Crippen LogP contribution in [0.25, 0.3) is 10.2 Å². The number of nitrogens with zero attached hydrogens (tertiary/aromatic N) is 2. The first-order valence-corrected chi connectivity index (χ1v) is 8.75. The van der Waals surface area contributed by atoms with E-state index in [9.17, 15) is 4.79 Å². The third-order valence-corrected chi connectivity index (χ3v) is 4.97. The number of aromatic nitrogens is 2. The summed E-state index contributed by atoms with van der Waals surface area (Å²) >= 11 is 1.71. The minimum absolute atomic E-state index is 0.135. The number of ether oxygens (including phenoxy) is 2. The minimum Gasteiger partial charge on any atom is -0.465 e. The highest BCUT2D eigenvalue weighted by Crippen LogP contribution is 2.40. The van der Waals surface area contributed by atoms with Crippen molar-refractivity contribution in [2.75, 3.05) is 6.61 Å². The molecule has 124 valence electrons. The minimum atomic E-state index is -0.515. The van der Waals surface area contributed by atoms with Crippen LogP contribution < -0.4 is 4.74 Å². The van der Waals surface area contributed by atoms with Gasteiger partial charge in [0.2, 0.25) is 5.88 Å². The van der Waals surface area contributed by atoms with Crippen LogP contribution in [-0.4, -0.2) is 28.1 Å². The van der Waals surface area contributed by atoms with Crippen LogP contribution in [0.15, 0.2) is 6.33 Å². The fourth-order valence-corrected chi connectivity index (χ4v) is 4.19. The standard InChI is InChI=1S/C17H22N2O3S/c1-10-5-6-11-12(7-10)23-16-14(11)15(18-9-19-16)21-8-13(20)22-17(2,3)4/h9-10H,5-8H2,1-4H3. The van der Waals surface area contributed by atoms with E-state index in [2.05, 4.69) is 16.9 Å². The lowest BCUT2D eigenvalue weighted by Crippen LogP contribution is -2.27. The smallest absolute Gasteiger partial charge is 0.344 e. The van der Waals surface area contributed by atoms with Gasteiger partial charge in [0.05, 0.1) is 5.39 Å². The van der Waals surface area contributed by atoms with Gasteiger partial charge in [-0.05, 0) is 51.5 Å². The number of hydrogen-bond donors (Lipinski definition) is 0. The summed E-state index contributed by atoms with van der Waals surface area (Å²) < 4.78 is 10.9. The van der Waals surface area contributed by atoms with Crippen LogP contribution in [0.5, 0.6) is 5.88 Å². The van der Waals surface area contributed by atoms with Gasteiger partial charge in [0, 0.05) is 4.88 Å². The third-order valence-electron chi connectivity index (χ3n) is 3.80. The van der Waals surface area contributed by atoms with E-state index in [0.717, 1.165) is 23.1 Å². The maximum absolute atomic E-state index is 11.9. The normalized spacial score (nSPS) is 17.8. The van der Waals surface area contributed by atoms with Crippen molar-refractivity contribution < 1.29 is 14.3 Å². The topological polar surface area (TPSA) is 61.3 Å². The summed E-state index contributed by atoms with van der Waals surface area (Å²) in [5, 5.41) is 0.975. The Labute approximate surface area is 140 Å². The molecule has 0 aliphatic heterocycles. The van der Waals surface area contributed by atoms with E-state index in [4.69, 9.17) is 9.47 Å². The van der Waals surface area contributed by atoms with E-state index >= 15 is 0 Å². The second kappa shape index (κ2) is 6.07. The summed E-state index contributed by atoms with van der Waals surface area (Å²) in [5.74, 6) is 0.810. The molecule has 1 aliphatic rings. The molecule has 1 aliphatic carbocycles. The molecule has 5 nitrogen and oxygen atoms in total. The zero-order valence-electron chi connectivity index (χ0n) is 14.0. The largest absolute Gasteiger partial charge is 0.465 e. The molecule has 0 radical (unpaired) electrons. The Kier molecular flexibility index (Phi) is 4.27. The quantitative estimate of drug-likeness (QED) is 0.804. The SMILES string of the molecule is CC1CCc2c(sc3ncnc(OCC(=O)OC(C)(C)C)c23)C1. The highest BCUT2D eigenvalue weighted by atomic mass is 32.1. The average Bonchev–Trinajstić information content (AvgIpc) is 2.81. The van der Waals surface area contributed by atoms with Crippen molar-refractivity contribution >= 4 is 27.5 Å². The van der Waals surface area contributed by atoms with Crippen molar-refractivity contribution in [3.05, 3.63) is 16.8 Å². The Morgan fingerprint density at radius 2 is 2.17 bits per heavy atom. The summed E-state index contributed by atoms with van der Waals surface area (Å²) in [7, 11) is 0. The Balaban J connectivity index is 1.83. The second-order valence-electron chi connectivity index (χ2n) is 7.09. The van der Waals surface area contributed by atoms with Crippen molar-refractivity contribution in [3.8, 4) is 5.88 Å². The zero-order valence-corrected chi connectivity index (χ0v) is 14.8. The van der Waals surface area contributed by atoms with Gasteiger partial charge >= 0.3 is 5.97 Å². The maximum atomic E-state index is 11.9. The van der Waals surface area contributed by atoms with Gasteiger partial charge in [-0.15, -0.1) is 11.3 Å². The predicted molar refractivity (Wildman–Crippen MR) is 89.9 cm³/mol. The molecule has 0 spiro atoms. The lowest BCUT2D eigenvalue weighted by Gasteiger charge is -2.20. The average molecular weight is 334 g/mol. The summed E-state index contributed by atoms with van der Waals surface area (Å²) in [6.07, 6.45) is 4.77. The number of rotatable bonds is 3. The fourth-order valence-electron chi connectivity index (χ4n) is 2.85. The molecule has 0 aromatic carbocycles. The number of carbonyl (C=O) groups excluding carboxylic acids is 1. The first-order valence-electron chi connectivity index (χ1n) is 7.93. The monoisotopic (exact) mass is 334 g/mol. The number of esters is 1. The van der Waals surface area contributed by atoms with Crippen LogP contribution in [0.1, 0.15) is 44.6 Å². The van der Waals surface area contributed by atoms with Crippen molar-refractivity contribution in [2.45, 2.75) is 52.6 Å². The Morgan fingerprint density at radius 1 is 1.39 bits per heavy atom. The molecule has 0 saturated heterocycles. The first-order chi connectivity index (χ1) is 10.8. The molecule has 0 amide bonds. The molecule has 0 N–H and O–H groups in total. The number of fused-ring (bicyclic) bond motifs is 3. The van der Waals surface area contributed by atoms with Crippen LogP contribution in [0.4, 0.5) is 0 Å². The molecule has 1 atom stereocenters. The Hall–Kier alpha value is -1.69. The van der Waals surface area contributed by atoms with Gasteiger partial charge in [-0.2, -0.15) is 0 Å². The van der Waals surface area contributed by atoms with Crippen LogP contribution in [0, 0.1) is 5.92 Å². The van der Waals surface area contributed by atoms with E-state index in [0.29, 0.717) is 11.8 Å². The van der Waals surface area contributed by atoms with Crippen LogP contribution in [-0.2, 0) is 22.4 Å². The summed E-state index contributed by atoms with van der Waals surface area (Å²) in [6, 6.07) is 0. The molecule has 3 rings (SSSR count). The molecule has 2 aromatic rings. The van der Waals surface area contributed by atoms with Gasteiger partial charge in [0.15, 0.2) is 6.61 Å². The zero-order chi connectivity index (χ0) is 16.6. The van der Waals surface area contributed by atoms with E-state index in [1.807, 2.05) is 20.8 Å². The van der Waals surface area contributed by atoms with Crippen LogP contribution in [0.2, 0.25) is 0 Å². The van der Waals surface area contributed by atoms with Gasteiger partial charge in [-0.3, -0.25) is 0 Å². The molecule has 1 unspecified atom stereocenters. The Bertz CT molecular complexity index is 733. The third kappa shape index (κ3) is 3.63. The van der Waals surface area contributed by atoms with Crippen molar-refractivity contribution in [1.29, 1.82) is 0 Å². The van der Waals surface area contributed by atoms with Crippen LogP contribution >= 0.6 is 11.3 Å². The van der Waals surface area contributed by atoms with Crippen molar-refractivity contribution in [3.63, 3.8) is 0 Å². The molecular formula is C17H22N2O3S. The van der Waals surface area contributed by atoms with E-state index < -0.39 is 5.60 Å². The second-order valence-corrected chi connectivity index (χ2v) is 8.17. The first kappa shape index (κ1) is 16.2. The number of hydrogen-bond acceptors (Lipinski definition) is 6. The van der Waals surface area contributed by atoms with Gasteiger partial charge in [-0.25, -0.2) is 14.8 Å². The highest BCUT2D eigenvalue weighted by Gasteiger charge is 2.24. The fraction of sp³-hybridized carbons (Fsp3) is 0.588. The van der Waals surface area contributed by atoms with Crippen LogP contribution in [0.3, 0.4) is 0 Å². The Morgan fingerprint density at radius 3 is 2.91 bits per heavy atom. The highest BCUT2D eigenvalue weighted by molar-refractivity contribution is 7.18. The summed E-state index contributed by atoms with van der Waals surface area (Å²) in [6.45, 7) is 7.65. The van der Waals surface area contributed by atoms with Gasteiger partial charge in [-0.1, -0.05) is 6.92 Å². The molecule has 2 heterocycles. The molecule has 0 saturated carbocycles. The van der Waals surface area contributed by atoms with E-state index in [-0.39, 0.29) is 12.6 Å². The number of carbonyl (C=O) groups is 1. The summed E-state index contributed by atoms with van der Waals surface area (Å²) in [4.78, 5) is 22.8. The van der Waals surface area contributed by atoms with Gasteiger partial charge < -0.3 is 9.47 Å². The van der Waals surface area contributed by atoms with Crippen molar-refractivity contribution in [1.82, 2.24) is 9.97 Å². The molecule has 2 aromatic heterocycles. The van der Waals surface area contributed by atoms with E-state index in [1.54, 1.807) is 11.3 Å². The lowest BCUT2D eigenvalue weighted by atomic mass is 9.89. The number of aryl methyl sites for hydroxylation is 1. The molecule has 0 bridgehead atoms. The van der Waals surface area contributed by atoms with Gasteiger partial charge in [0.25, 0.3) is 0 Å². The molecule has 23 heavy (non-hydrogen) atoms. The molecule has 0 fully saturated rings. The predicted octanol–water partition coefficient (Wildman–Crippen LogP) is 3.54. The number of thiophene rings is 1. The maximum Gasteiger partial charge on any atom is 0.344 e. The van der Waals surface area contributed by atoms with E-state index in [1.165, 1.54) is 23.2 Å². The molecular weight excluding hydrogens is 312 g/mol. The molecule has 6 heteroatoms. The van der Waals surface area contributed by atoms with Gasteiger partial charge in [0.1, 0.15) is 16.8 Å².